The van der Waals surface area contributed by atoms with Crippen LogP contribution in [0.25, 0.3) is 0 Å². The first kappa shape index (κ1) is 14.9. The minimum atomic E-state index is -0.243. The summed E-state index contributed by atoms with van der Waals surface area (Å²) in [6.07, 6.45) is 1.84. The van der Waals surface area contributed by atoms with Gasteiger partial charge in [0.25, 0.3) is 5.91 Å². The van der Waals surface area contributed by atoms with E-state index >= 15 is 0 Å². The molecule has 0 radical (unpaired) electrons. The van der Waals surface area contributed by atoms with Crippen LogP contribution in [0.15, 0.2) is 18.3 Å². The third-order valence-electron chi connectivity index (χ3n) is 2.29. The summed E-state index contributed by atoms with van der Waals surface area (Å²) in [5.74, 6) is -0.454. The van der Waals surface area contributed by atoms with Crippen LogP contribution in [0.5, 0.6) is 0 Å². The normalized spacial score (nSPS) is 9.79. The molecule has 0 aromatic carbocycles. The third-order valence-corrected chi connectivity index (χ3v) is 2.29. The Morgan fingerprint density at radius 3 is 2.84 bits per heavy atom. The minimum Gasteiger partial charge on any atom is -0.466 e. The average molecular weight is 265 g/mol. The van der Waals surface area contributed by atoms with Gasteiger partial charge in [-0.2, -0.15) is 0 Å². The largest absolute Gasteiger partial charge is 0.466 e. The molecule has 0 fully saturated rings. The van der Waals surface area contributed by atoms with Gasteiger partial charge in [-0.15, -0.1) is 0 Å². The van der Waals surface area contributed by atoms with Gasteiger partial charge in [-0.25, -0.2) is 0 Å². The van der Waals surface area contributed by atoms with Crippen molar-refractivity contribution in [2.75, 3.05) is 25.0 Å². The van der Waals surface area contributed by atoms with E-state index in [0.717, 1.165) is 5.69 Å². The standard InChI is InChI=1S/C13H19N3O3/c1-3-14-13(18)11-9-10(5-7-16-11)15-8-6-12(17)19-4-2/h5,7,9H,3-4,6,8H2,1-2H3,(H,14,18)(H,15,16). The van der Waals surface area contributed by atoms with E-state index in [1.165, 1.54) is 0 Å². The molecule has 1 rings (SSSR count). The zero-order chi connectivity index (χ0) is 14.1. The molecule has 0 saturated heterocycles. The van der Waals surface area contributed by atoms with Crippen LogP contribution in [0.4, 0.5) is 5.69 Å². The van der Waals surface area contributed by atoms with Crippen molar-refractivity contribution < 1.29 is 14.3 Å². The zero-order valence-electron chi connectivity index (χ0n) is 11.2. The van der Waals surface area contributed by atoms with E-state index in [-0.39, 0.29) is 18.3 Å². The van der Waals surface area contributed by atoms with Gasteiger partial charge in [-0.1, -0.05) is 0 Å². The minimum absolute atomic E-state index is 0.212. The molecule has 0 bridgehead atoms. The van der Waals surface area contributed by atoms with Crippen LogP contribution in [-0.2, 0) is 9.53 Å². The molecule has 6 nitrogen and oxygen atoms in total. The third kappa shape index (κ3) is 5.37. The van der Waals surface area contributed by atoms with Gasteiger partial charge < -0.3 is 15.4 Å². The Kier molecular flexibility index (Phi) is 6.35. The number of pyridine rings is 1. The second kappa shape index (κ2) is 8.07. The van der Waals surface area contributed by atoms with Crippen molar-refractivity contribution >= 4 is 17.6 Å². The number of hydrogen-bond donors (Lipinski definition) is 2. The van der Waals surface area contributed by atoms with Crippen LogP contribution in [0, 0.1) is 0 Å². The molecular weight excluding hydrogens is 246 g/mol. The Morgan fingerprint density at radius 2 is 2.16 bits per heavy atom. The summed E-state index contributed by atoms with van der Waals surface area (Å²) in [5.41, 5.74) is 1.10. The number of hydrogen-bond acceptors (Lipinski definition) is 5. The highest BCUT2D eigenvalue weighted by Gasteiger charge is 2.06. The molecule has 1 aromatic rings. The number of ether oxygens (including phenoxy) is 1. The van der Waals surface area contributed by atoms with Crippen molar-refractivity contribution in [2.24, 2.45) is 0 Å². The number of aromatic nitrogens is 1. The summed E-state index contributed by atoms with van der Waals surface area (Å²) in [4.78, 5) is 26.7. The average Bonchev–Trinajstić information content (AvgIpc) is 2.40. The maximum Gasteiger partial charge on any atom is 0.307 e. The van der Waals surface area contributed by atoms with Crippen molar-refractivity contribution in [3.63, 3.8) is 0 Å². The fourth-order valence-corrected chi connectivity index (χ4v) is 1.46. The quantitative estimate of drug-likeness (QED) is 0.724. The Hall–Kier alpha value is -2.11. The Bertz CT molecular complexity index is 435. The van der Waals surface area contributed by atoms with E-state index in [4.69, 9.17) is 4.74 Å². The summed E-state index contributed by atoms with van der Waals surface area (Å²) >= 11 is 0. The zero-order valence-corrected chi connectivity index (χ0v) is 11.2. The lowest BCUT2D eigenvalue weighted by atomic mass is 10.3. The first-order valence-corrected chi connectivity index (χ1v) is 6.31. The predicted octanol–water partition coefficient (Wildman–Crippen LogP) is 1.20. The molecule has 104 valence electrons. The molecule has 19 heavy (non-hydrogen) atoms. The Balaban J connectivity index is 2.48. The Labute approximate surface area is 112 Å². The maximum atomic E-state index is 11.6. The molecular formula is C13H19N3O3. The number of carbonyl (C=O) groups excluding carboxylic acids is 2. The summed E-state index contributed by atoms with van der Waals surface area (Å²) < 4.78 is 4.82. The van der Waals surface area contributed by atoms with Gasteiger partial charge >= 0.3 is 5.97 Å². The molecule has 0 atom stereocenters. The fraction of sp³-hybridized carbons (Fsp3) is 0.462. The molecule has 0 aliphatic rings. The van der Waals surface area contributed by atoms with Crippen LogP contribution >= 0.6 is 0 Å². The van der Waals surface area contributed by atoms with Crippen molar-refractivity contribution in [1.29, 1.82) is 0 Å². The number of carbonyl (C=O) groups is 2. The van der Waals surface area contributed by atoms with E-state index in [1.807, 2.05) is 6.92 Å². The number of nitrogens with one attached hydrogen (secondary N) is 2. The predicted molar refractivity (Wildman–Crippen MR) is 72.0 cm³/mol. The monoisotopic (exact) mass is 265 g/mol. The number of nitrogens with zero attached hydrogens (tertiary/aromatic N) is 1. The fourth-order valence-electron chi connectivity index (χ4n) is 1.46. The lowest BCUT2D eigenvalue weighted by Gasteiger charge is -2.07. The molecule has 0 aliphatic heterocycles. The van der Waals surface area contributed by atoms with Crippen LogP contribution in [-0.4, -0.2) is 36.6 Å². The second-order valence-electron chi connectivity index (χ2n) is 3.77. The molecule has 1 amide bonds. The molecule has 1 aromatic heterocycles. The molecule has 0 aliphatic carbocycles. The van der Waals surface area contributed by atoms with Crippen LogP contribution in [0.2, 0.25) is 0 Å². The summed E-state index contributed by atoms with van der Waals surface area (Å²) in [5, 5.41) is 5.73. The van der Waals surface area contributed by atoms with E-state index in [0.29, 0.717) is 25.4 Å². The van der Waals surface area contributed by atoms with Gasteiger partial charge in [0.1, 0.15) is 5.69 Å². The van der Waals surface area contributed by atoms with E-state index < -0.39 is 0 Å². The van der Waals surface area contributed by atoms with Crippen LogP contribution < -0.4 is 10.6 Å². The van der Waals surface area contributed by atoms with Gasteiger partial charge in [0.2, 0.25) is 0 Å². The number of anilines is 1. The maximum absolute atomic E-state index is 11.6. The van der Waals surface area contributed by atoms with Gasteiger partial charge in [-0.3, -0.25) is 14.6 Å². The van der Waals surface area contributed by atoms with E-state index in [2.05, 4.69) is 15.6 Å². The number of amides is 1. The van der Waals surface area contributed by atoms with Gasteiger partial charge in [0, 0.05) is 25.0 Å². The highest BCUT2D eigenvalue weighted by Crippen LogP contribution is 2.08. The van der Waals surface area contributed by atoms with Gasteiger partial charge in [-0.05, 0) is 26.0 Å². The highest BCUT2D eigenvalue weighted by atomic mass is 16.5. The van der Waals surface area contributed by atoms with Crippen LogP contribution in [0.3, 0.4) is 0 Å². The molecule has 0 saturated carbocycles. The second-order valence-corrected chi connectivity index (χ2v) is 3.77. The van der Waals surface area contributed by atoms with Crippen molar-refractivity contribution in [3.8, 4) is 0 Å². The first-order valence-electron chi connectivity index (χ1n) is 6.31. The number of rotatable bonds is 7. The van der Waals surface area contributed by atoms with E-state index in [9.17, 15) is 9.59 Å². The topological polar surface area (TPSA) is 80.3 Å². The molecule has 0 unspecified atom stereocenters. The smallest absolute Gasteiger partial charge is 0.307 e. The Morgan fingerprint density at radius 1 is 1.37 bits per heavy atom. The molecule has 0 spiro atoms. The molecule has 6 heteroatoms. The molecule has 2 N–H and O–H groups in total. The van der Waals surface area contributed by atoms with Gasteiger partial charge in [0.05, 0.1) is 13.0 Å². The van der Waals surface area contributed by atoms with Crippen molar-refractivity contribution in [2.45, 2.75) is 20.3 Å². The first-order chi connectivity index (χ1) is 9.17. The molecule has 1 heterocycles. The summed E-state index contributed by atoms with van der Waals surface area (Å²) in [6, 6.07) is 3.39. The van der Waals surface area contributed by atoms with E-state index in [1.54, 1.807) is 25.3 Å². The van der Waals surface area contributed by atoms with Gasteiger partial charge in [0.15, 0.2) is 0 Å². The lowest BCUT2D eigenvalue weighted by Crippen LogP contribution is -2.23. The van der Waals surface area contributed by atoms with Crippen molar-refractivity contribution in [1.82, 2.24) is 10.3 Å². The summed E-state index contributed by atoms with van der Waals surface area (Å²) in [6.45, 7) is 5.01. The summed E-state index contributed by atoms with van der Waals surface area (Å²) in [7, 11) is 0. The SMILES string of the molecule is CCNC(=O)c1cc(NCCC(=O)OCC)ccn1. The highest BCUT2D eigenvalue weighted by molar-refractivity contribution is 5.93. The number of esters is 1. The van der Waals surface area contributed by atoms with Crippen LogP contribution in [0.1, 0.15) is 30.8 Å². The lowest BCUT2D eigenvalue weighted by molar-refractivity contribution is -0.142. The van der Waals surface area contributed by atoms with Crippen molar-refractivity contribution in [3.05, 3.63) is 24.0 Å².